The van der Waals surface area contributed by atoms with Crippen molar-refractivity contribution in [2.24, 2.45) is 0 Å². The fourth-order valence-electron chi connectivity index (χ4n) is 3.18. The lowest BCUT2D eigenvalue weighted by atomic mass is 10.2. The van der Waals surface area contributed by atoms with Crippen LogP contribution in [0.4, 0.5) is 10.8 Å². The first-order valence-corrected chi connectivity index (χ1v) is 10.3. The molecule has 3 rings (SSSR count). The summed E-state index contributed by atoms with van der Waals surface area (Å²) < 4.78 is 0. The number of anilines is 2. The third-order valence-corrected chi connectivity index (χ3v) is 5.69. The summed E-state index contributed by atoms with van der Waals surface area (Å²) in [4.78, 5) is 33.3. The summed E-state index contributed by atoms with van der Waals surface area (Å²) in [6, 6.07) is 7.43. The maximum absolute atomic E-state index is 12.3. The van der Waals surface area contributed by atoms with Gasteiger partial charge in [0.05, 0.1) is 6.54 Å². The first-order chi connectivity index (χ1) is 13.4. The van der Waals surface area contributed by atoms with Crippen molar-refractivity contribution in [3.63, 3.8) is 0 Å². The van der Waals surface area contributed by atoms with Gasteiger partial charge in [-0.3, -0.25) is 19.4 Å². The monoisotopic (exact) mass is 421 g/mol. The third-order valence-electron chi connectivity index (χ3n) is 4.54. The van der Waals surface area contributed by atoms with Gasteiger partial charge in [-0.25, -0.2) is 4.98 Å². The molecule has 1 aromatic heterocycles. The summed E-state index contributed by atoms with van der Waals surface area (Å²) in [5, 5.41) is 6.90. The van der Waals surface area contributed by atoms with Crippen molar-refractivity contribution in [3.8, 4) is 0 Å². The van der Waals surface area contributed by atoms with Crippen LogP contribution in [0.25, 0.3) is 0 Å². The third kappa shape index (κ3) is 6.00. The highest BCUT2D eigenvalue weighted by Gasteiger charge is 2.25. The Bertz CT molecular complexity index is 826. The average molecular weight is 422 g/mol. The van der Waals surface area contributed by atoms with E-state index in [0.29, 0.717) is 22.7 Å². The van der Waals surface area contributed by atoms with E-state index in [9.17, 15) is 9.59 Å². The smallest absolute Gasteiger partial charge is 0.238 e. The molecule has 150 valence electrons. The van der Waals surface area contributed by atoms with Crippen LogP contribution in [-0.4, -0.2) is 58.8 Å². The number of hydrogen-bond donors (Lipinski definition) is 2. The van der Waals surface area contributed by atoms with Crippen LogP contribution in [0.15, 0.2) is 30.5 Å². The first-order valence-electron chi connectivity index (χ1n) is 9.13. The van der Waals surface area contributed by atoms with Gasteiger partial charge in [-0.1, -0.05) is 11.6 Å². The van der Waals surface area contributed by atoms with Crippen LogP contribution in [0.2, 0.25) is 5.02 Å². The number of piperazine rings is 1. The molecule has 1 aromatic carbocycles. The number of benzene rings is 1. The lowest BCUT2D eigenvalue weighted by Crippen LogP contribution is -2.52. The minimum atomic E-state index is -0.111. The zero-order valence-corrected chi connectivity index (χ0v) is 17.5. The molecule has 2 amide bonds. The number of rotatable bonds is 6. The highest BCUT2D eigenvalue weighted by Crippen LogP contribution is 2.22. The second-order valence-corrected chi connectivity index (χ2v) is 8.47. The molecule has 0 radical (unpaired) electrons. The Kier molecular flexibility index (Phi) is 7.01. The molecule has 0 saturated carbocycles. The molecular weight excluding hydrogens is 398 g/mol. The van der Waals surface area contributed by atoms with Gasteiger partial charge >= 0.3 is 0 Å². The van der Waals surface area contributed by atoms with Crippen molar-refractivity contribution < 1.29 is 9.59 Å². The van der Waals surface area contributed by atoms with E-state index in [1.807, 2.05) is 6.20 Å². The van der Waals surface area contributed by atoms with E-state index < -0.39 is 0 Å². The van der Waals surface area contributed by atoms with Crippen molar-refractivity contribution >= 4 is 45.6 Å². The minimum Gasteiger partial charge on any atom is -0.325 e. The summed E-state index contributed by atoms with van der Waals surface area (Å²) in [7, 11) is 0. The quantitative estimate of drug-likeness (QED) is 0.749. The SMILES string of the molecule is CC(=O)Nc1ncc(CN2CCN(CC(=O)Nc3ccc(Cl)cc3)CC2C)s1. The van der Waals surface area contributed by atoms with Crippen molar-refractivity contribution in [2.45, 2.75) is 26.4 Å². The van der Waals surface area contributed by atoms with Crippen LogP contribution in [0.3, 0.4) is 0 Å². The van der Waals surface area contributed by atoms with Gasteiger partial charge in [0, 0.05) is 60.9 Å². The van der Waals surface area contributed by atoms with Crippen LogP contribution in [0.1, 0.15) is 18.7 Å². The first kappa shape index (κ1) is 20.7. The Morgan fingerprint density at radius 2 is 2.00 bits per heavy atom. The average Bonchev–Trinajstić information content (AvgIpc) is 3.05. The fourth-order valence-corrected chi connectivity index (χ4v) is 4.19. The molecule has 7 nitrogen and oxygen atoms in total. The second kappa shape index (κ2) is 9.47. The summed E-state index contributed by atoms with van der Waals surface area (Å²) in [5.74, 6) is -0.134. The molecule has 0 aliphatic carbocycles. The Morgan fingerprint density at radius 1 is 1.25 bits per heavy atom. The number of carbonyl (C=O) groups is 2. The zero-order valence-electron chi connectivity index (χ0n) is 15.9. The van der Waals surface area contributed by atoms with E-state index in [4.69, 9.17) is 11.6 Å². The van der Waals surface area contributed by atoms with Crippen molar-refractivity contribution in [1.29, 1.82) is 0 Å². The van der Waals surface area contributed by atoms with Gasteiger partial charge in [0.25, 0.3) is 0 Å². The summed E-state index contributed by atoms with van der Waals surface area (Å²) in [6.07, 6.45) is 1.81. The summed E-state index contributed by atoms with van der Waals surface area (Å²) in [6.45, 7) is 7.34. The number of amides is 2. The Balaban J connectivity index is 1.46. The van der Waals surface area contributed by atoms with E-state index in [1.54, 1.807) is 24.3 Å². The van der Waals surface area contributed by atoms with Crippen LogP contribution in [0.5, 0.6) is 0 Å². The zero-order chi connectivity index (χ0) is 20.1. The molecule has 0 spiro atoms. The molecular formula is C19H24ClN5O2S. The van der Waals surface area contributed by atoms with Gasteiger partial charge in [0.15, 0.2) is 5.13 Å². The molecule has 1 unspecified atom stereocenters. The van der Waals surface area contributed by atoms with Gasteiger partial charge in [0.2, 0.25) is 11.8 Å². The normalized spacial score (nSPS) is 18.0. The van der Waals surface area contributed by atoms with Gasteiger partial charge < -0.3 is 10.6 Å². The molecule has 2 N–H and O–H groups in total. The topological polar surface area (TPSA) is 77.6 Å². The predicted molar refractivity (Wildman–Crippen MR) is 113 cm³/mol. The van der Waals surface area contributed by atoms with Gasteiger partial charge in [-0.2, -0.15) is 0 Å². The van der Waals surface area contributed by atoms with E-state index in [0.717, 1.165) is 36.7 Å². The maximum atomic E-state index is 12.3. The lowest BCUT2D eigenvalue weighted by molar-refractivity contribution is -0.118. The highest BCUT2D eigenvalue weighted by atomic mass is 35.5. The standard InChI is InChI=1S/C19H24ClN5O2S/c1-13-10-24(12-18(27)23-16-5-3-15(20)4-6-16)7-8-25(13)11-17-9-21-19(28-17)22-14(2)26/h3-6,9,13H,7-8,10-12H2,1-2H3,(H,23,27)(H,21,22,26). The Morgan fingerprint density at radius 3 is 2.68 bits per heavy atom. The van der Waals surface area contributed by atoms with E-state index >= 15 is 0 Å². The summed E-state index contributed by atoms with van der Waals surface area (Å²) >= 11 is 7.37. The molecule has 1 aliphatic heterocycles. The second-order valence-electron chi connectivity index (χ2n) is 6.92. The summed E-state index contributed by atoms with van der Waals surface area (Å²) in [5.41, 5.74) is 0.751. The van der Waals surface area contributed by atoms with Gasteiger partial charge in [0.1, 0.15) is 0 Å². The highest BCUT2D eigenvalue weighted by molar-refractivity contribution is 7.15. The van der Waals surface area contributed by atoms with E-state index in [2.05, 4.69) is 32.3 Å². The largest absolute Gasteiger partial charge is 0.325 e. The van der Waals surface area contributed by atoms with Crippen LogP contribution in [0, 0.1) is 0 Å². The number of hydrogen-bond acceptors (Lipinski definition) is 6. The number of aromatic nitrogens is 1. The van der Waals surface area contributed by atoms with Crippen LogP contribution in [-0.2, 0) is 16.1 Å². The van der Waals surface area contributed by atoms with Crippen molar-refractivity contribution in [1.82, 2.24) is 14.8 Å². The Hall–Kier alpha value is -2.00. The molecule has 2 aromatic rings. The van der Waals surface area contributed by atoms with Gasteiger partial charge in [-0.15, -0.1) is 11.3 Å². The van der Waals surface area contributed by atoms with Gasteiger partial charge in [-0.05, 0) is 31.2 Å². The van der Waals surface area contributed by atoms with E-state index in [-0.39, 0.29) is 11.8 Å². The predicted octanol–water partition coefficient (Wildman–Crippen LogP) is 2.90. The molecule has 1 fully saturated rings. The minimum absolute atomic E-state index is 0.0228. The Labute approximate surface area is 173 Å². The molecule has 1 aliphatic rings. The van der Waals surface area contributed by atoms with E-state index in [1.165, 1.54) is 18.3 Å². The van der Waals surface area contributed by atoms with Crippen molar-refractivity contribution in [3.05, 3.63) is 40.4 Å². The number of nitrogens with one attached hydrogen (secondary N) is 2. The maximum Gasteiger partial charge on any atom is 0.238 e. The van der Waals surface area contributed by atoms with Crippen LogP contribution >= 0.6 is 22.9 Å². The number of thiazole rings is 1. The molecule has 0 bridgehead atoms. The molecule has 9 heteroatoms. The van der Waals surface area contributed by atoms with Crippen molar-refractivity contribution in [2.75, 3.05) is 36.8 Å². The molecule has 1 saturated heterocycles. The number of nitrogens with zero attached hydrogens (tertiary/aromatic N) is 3. The fraction of sp³-hybridized carbons (Fsp3) is 0.421. The lowest BCUT2D eigenvalue weighted by Gasteiger charge is -2.39. The molecule has 28 heavy (non-hydrogen) atoms. The molecule has 2 heterocycles. The number of halogens is 1. The molecule has 1 atom stereocenters. The number of carbonyl (C=O) groups excluding carboxylic acids is 2. The van der Waals surface area contributed by atoms with Crippen LogP contribution < -0.4 is 10.6 Å².